The van der Waals surface area contributed by atoms with Crippen molar-refractivity contribution in [3.05, 3.63) is 95.6 Å². The third-order valence-electron chi connectivity index (χ3n) is 7.24. The van der Waals surface area contributed by atoms with Crippen LogP contribution in [0.25, 0.3) is 11.1 Å². The second kappa shape index (κ2) is 14.3. The third-order valence-corrected chi connectivity index (χ3v) is 7.24. The number of amides is 2. The van der Waals surface area contributed by atoms with Gasteiger partial charge in [-0.25, -0.2) is 4.79 Å². The molecule has 210 valence electrons. The van der Waals surface area contributed by atoms with Crippen LogP contribution in [0, 0.1) is 5.92 Å². The van der Waals surface area contributed by atoms with Crippen molar-refractivity contribution < 1.29 is 23.9 Å². The highest BCUT2D eigenvalue weighted by molar-refractivity contribution is 5.82. The summed E-state index contributed by atoms with van der Waals surface area (Å²) in [5, 5.41) is 8.45. The maximum absolute atomic E-state index is 12.7. The molecule has 2 atom stereocenters. The number of ether oxygens (including phenoxy) is 2. The normalized spacial score (nSPS) is 13.4. The van der Waals surface area contributed by atoms with Gasteiger partial charge in [0.15, 0.2) is 0 Å². The molecule has 1 aliphatic rings. The van der Waals surface area contributed by atoms with Gasteiger partial charge in [0.05, 0.1) is 6.54 Å². The van der Waals surface area contributed by atoms with Gasteiger partial charge >= 0.3 is 12.1 Å². The topological polar surface area (TPSA) is 106 Å². The molecule has 0 radical (unpaired) electrons. The van der Waals surface area contributed by atoms with Crippen molar-refractivity contribution in [2.24, 2.45) is 5.92 Å². The molecule has 0 bridgehead atoms. The molecule has 2 amide bonds. The second-order valence-corrected chi connectivity index (χ2v) is 9.94. The first-order chi connectivity index (χ1) is 19.5. The Morgan fingerprint density at radius 1 is 0.800 bits per heavy atom. The first kappa shape index (κ1) is 28.8. The lowest BCUT2D eigenvalue weighted by Crippen LogP contribution is -2.46. The lowest BCUT2D eigenvalue weighted by molar-refractivity contribution is -0.149. The quantitative estimate of drug-likeness (QED) is 0.218. The van der Waals surface area contributed by atoms with E-state index in [9.17, 15) is 14.4 Å². The molecular formula is C32H37N3O5. The highest BCUT2D eigenvalue weighted by Gasteiger charge is 2.29. The number of hydrogen-bond donors (Lipinski definition) is 3. The van der Waals surface area contributed by atoms with Crippen LogP contribution in [0.5, 0.6) is 0 Å². The summed E-state index contributed by atoms with van der Waals surface area (Å²) in [5.41, 5.74) is 5.48. The van der Waals surface area contributed by atoms with E-state index in [1.54, 1.807) is 0 Å². The van der Waals surface area contributed by atoms with E-state index in [1.807, 2.05) is 68.4 Å². The Morgan fingerprint density at radius 3 is 2.08 bits per heavy atom. The largest absolute Gasteiger partial charge is 0.460 e. The lowest BCUT2D eigenvalue weighted by Gasteiger charge is -2.23. The van der Waals surface area contributed by atoms with Crippen molar-refractivity contribution in [2.45, 2.75) is 38.8 Å². The number of benzene rings is 3. The van der Waals surface area contributed by atoms with Gasteiger partial charge in [0.2, 0.25) is 5.91 Å². The zero-order chi connectivity index (χ0) is 28.3. The van der Waals surface area contributed by atoms with Gasteiger partial charge in [-0.1, -0.05) is 99.1 Å². The van der Waals surface area contributed by atoms with E-state index in [2.05, 4.69) is 40.2 Å². The van der Waals surface area contributed by atoms with Crippen molar-refractivity contribution in [1.82, 2.24) is 16.0 Å². The molecule has 0 fully saturated rings. The zero-order valence-corrected chi connectivity index (χ0v) is 23.0. The van der Waals surface area contributed by atoms with Crippen LogP contribution in [-0.4, -0.2) is 50.3 Å². The van der Waals surface area contributed by atoms with Gasteiger partial charge in [-0.15, -0.1) is 0 Å². The van der Waals surface area contributed by atoms with Gasteiger partial charge in [-0.2, -0.15) is 0 Å². The molecule has 3 aromatic carbocycles. The number of rotatable bonds is 13. The van der Waals surface area contributed by atoms with Gasteiger partial charge in [-0.3, -0.25) is 9.59 Å². The lowest BCUT2D eigenvalue weighted by atomic mass is 9.98. The predicted molar refractivity (Wildman–Crippen MR) is 154 cm³/mol. The number of esters is 1. The molecule has 40 heavy (non-hydrogen) atoms. The Morgan fingerprint density at radius 2 is 1.43 bits per heavy atom. The number of alkyl carbamates (subject to hydrolysis) is 1. The minimum atomic E-state index is -0.645. The highest BCUT2D eigenvalue weighted by atomic mass is 16.5. The number of hydrogen-bond acceptors (Lipinski definition) is 6. The van der Waals surface area contributed by atoms with Crippen molar-refractivity contribution in [3.63, 3.8) is 0 Å². The minimum absolute atomic E-state index is 0.0455. The Bertz CT molecular complexity index is 1250. The van der Waals surface area contributed by atoms with Crippen LogP contribution < -0.4 is 16.0 Å². The number of carbonyl (C=O) groups is 3. The number of fused-ring (bicyclic) bond motifs is 3. The fourth-order valence-electron chi connectivity index (χ4n) is 4.86. The molecular weight excluding hydrogens is 506 g/mol. The summed E-state index contributed by atoms with van der Waals surface area (Å²) < 4.78 is 11.0. The maximum Gasteiger partial charge on any atom is 0.407 e. The van der Waals surface area contributed by atoms with Gasteiger partial charge in [-0.05, 0) is 33.7 Å². The first-order valence-electron chi connectivity index (χ1n) is 13.8. The van der Waals surface area contributed by atoms with Crippen LogP contribution in [0.1, 0.15) is 42.9 Å². The summed E-state index contributed by atoms with van der Waals surface area (Å²) in [5.74, 6) is -0.645. The number of nitrogens with one attached hydrogen (secondary N) is 3. The first-order valence-corrected chi connectivity index (χ1v) is 13.8. The van der Waals surface area contributed by atoms with E-state index in [0.717, 1.165) is 34.2 Å². The summed E-state index contributed by atoms with van der Waals surface area (Å²) in [6.45, 7) is 4.87. The third kappa shape index (κ3) is 7.48. The molecule has 3 aromatic rings. The van der Waals surface area contributed by atoms with E-state index in [-0.39, 0.29) is 43.5 Å². The van der Waals surface area contributed by atoms with Crippen molar-refractivity contribution in [3.8, 4) is 11.1 Å². The average molecular weight is 544 g/mol. The molecule has 8 heteroatoms. The van der Waals surface area contributed by atoms with Crippen LogP contribution in [0.15, 0.2) is 78.9 Å². The number of carbonyl (C=O) groups excluding carboxylic acids is 3. The molecule has 0 saturated heterocycles. The summed E-state index contributed by atoms with van der Waals surface area (Å²) >= 11 is 0. The van der Waals surface area contributed by atoms with Crippen LogP contribution in [-0.2, 0) is 25.7 Å². The van der Waals surface area contributed by atoms with Gasteiger partial charge in [0.25, 0.3) is 0 Å². The van der Waals surface area contributed by atoms with Crippen LogP contribution in [0.3, 0.4) is 0 Å². The average Bonchev–Trinajstić information content (AvgIpc) is 3.31. The summed E-state index contributed by atoms with van der Waals surface area (Å²) in [7, 11) is 0. The van der Waals surface area contributed by atoms with Crippen molar-refractivity contribution >= 4 is 18.0 Å². The standard InChI is InChI=1S/C32H37N3O5/c1-3-22(2)30(31(37)39-20-23-11-5-4-6-12-23)34-18-17-33-29(36)19-35-32(38)40-21-28-26-15-9-7-13-24(26)25-14-8-10-16-27(25)28/h4-16,22,28,30,34H,3,17-21H2,1-2H3,(H,33,36)(H,35,38)/t22-,30-/m0/s1. The second-order valence-electron chi connectivity index (χ2n) is 9.94. The van der Waals surface area contributed by atoms with Crippen molar-refractivity contribution in [2.75, 3.05) is 26.2 Å². The molecule has 0 aliphatic heterocycles. The molecule has 8 nitrogen and oxygen atoms in total. The zero-order valence-electron chi connectivity index (χ0n) is 23.0. The molecule has 0 heterocycles. The monoisotopic (exact) mass is 543 g/mol. The van der Waals surface area contributed by atoms with E-state index >= 15 is 0 Å². The Balaban J connectivity index is 1.16. The molecule has 0 saturated carbocycles. The van der Waals surface area contributed by atoms with E-state index in [0.29, 0.717) is 13.1 Å². The molecule has 0 unspecified atom stereocenters. The smallest absolute Gasteiger partial charge is 0.407 e. The van der Waals surface area contributed by atoms with Gasteiger partial charge in [0, 0.05) is 19.0 Å². The Hall–Kier alpha value is -4.17. The SMILES string of the molecule is CC[C@H](C)[C@H](NCCNC(=O)CNC(=O)OCC1c2ccccc2-c2ccccc21)C(=O)OCc1ccccc1. The van der Waals surface area contributed by atoms with Crippen LogP contribution in [0.4, 0.5) is 4.79 Å². The molecule has 3 N–H and O–H groups in total. The molecule has 1 aliphatic carbocycles. The predicted octanol–water partition coefficient (Wildman–Crippen LogP) is 4.39. The Labute approximate surface area is 235 Å². The maximum atomic E-state index is 12.7. The van der Waals surface area contributed by atoms with E-state index in [1.165, 1.54) is 0 Å². The summed E-state index contributed by atoms with van der Waals surface area (Å²) in [6.07, 6.45) is 0.155. The molecule has 4 rings (SSSR count). The van der Waals surface area contributed by atoms with Gasteiger partial charge in [0.1, 0.15) is 19.3 Å². The molecule has 0 spiro atoms. The summed E-state index contributed by atoms with van der Waals surface area (Å²) in [6, 6.07) is 25.3. The van der Waals surface area contributed by atoms with E-state index in [4.69, 9.17) is 9.47 Å². The Kier molecular flexibility index (Phi) is 10.3. The summed E-state index contributed by atoms with van der Waals surface area (Å²) in [4.78, 5) is 37.3. The van der Waals surface area contributed by atoms with Gasteiger partial charge < -0.3 is 25.4 Å². The minimum Gasteiger partial charge on any atom is -0.460 e. The van der Waals surface area contributed by atoms with Crippen molar-refractivity contribution in [1.29, 1.82) is 0 Å². The van der Waals surface area contributed by atoms with Crippen LogP contribution in [0.2, 0.25) is 0 Å². The fraction of sp³-hybridized carbons (Fsp3) is 0.344. The van der Waals surface area contributed by atoms with Crippen LogP contribution >= 0.6 is 0 Å². The fourth-order valence-corrected chi connectivity index (χ4v) is 4.86. The van der Waals surface area contributed by atoms with E-state index < -0.39 is 12.1 Å². The highest BCUT2D eigenvalue weighted by Crippen LogP contribution is 2.44. The molecule has 0 aromatic heterocycles.